The molecule has 0 atom stereocenters. The summed E-state index contributed by atoms with van der Waals surface area (Å²) >= 11 is 0. The number of rotatable bonds is 2. The first kappa shape index (κ1) is 11.3. The van der Waals surface area contributed by atoms with Crippen molar-refractivity contribution in [3.8, 4) is 0 Å². The zero-order chi connectivity index (χ0) is 12.6. The number of anilines is 1. The topological polar surface area (TPSA) is 74.7 Å². The van der Waals surface area contributed by atoms with Gasteiger partial charge in [0, 0.05) is 12.8 Å². The van der Waals surface area contributed by atoms with Gasteiger partial charge in [0.05, 0.1) is 11.3 Å². The van der Waals surface area contributed by atoms with Gasteiger partial charge in [-0.15, -0.1) is 0 Å². The van der Waals surface area contributed by atoms with Crippen LogP contribution in [0.25, 0.3) is 0 Å². The maximum absolute atomic E-state index is 13.6. The Morgan fingerprint density at radius 3 is 2.29 bits per heavy atom. The van der Waals surface area contributed by atoms with Gasteiger partial charge in [0.25, 0.3) is 0 Å². The lowest BCUT2D eigenvalue weighted by molar-refractivity contribution is -0.121. The summed E-state index contributed by atoms with van der Waals surface area (Å²) in [6.07, 6.45) is 0.109. The summed E-state index contributed by atoms with van der Waals surface area (Å²) in [7, 11) is 0. The Bertz CT molecular complexity index is 510. The van der Waals surface area contributed by atoms with E-state index in [0.29, 0.717) is 0 Å². The second-order valence-electron chi connectivity index (χ2n) is 3.59. The van der Waals surface area contributed by atoms with E-state index in [-0.39, 0.29) is 24.1 Å². The van der Waals surface area contributed by atoms with Crippen LogP contribution in [0.3, 0.4) is 0 Å². The van der Waals surface area contributed by atoms with Gasteiger partial charge in [-0.05, 0) is 18.2 Å². The standard InChI is InChI=1S/C11H8FNO4/c12-7-5-6(11(16)17)1-2-8(7)13-9(14)3-4-10(13)15/h1-2,5H,3-4H2,(H,16,17). The van der Waals surface area contributed by atoms with Crippen LogP contribution in [0.4, 0.5) is 10.1 Å². The smallest absolute Gasteiger partial charge is 0.335 e. The molecule has 1 aliphatic rings. The predicted octanol–water partition coefficient (Wildman–Crippen LogP) is 1.18. The molecule has 5 nitrogen and oxygen atoms in total. The van der Waals surface area contributed by atoms with Crippen molar-refractivity contribution in [2.75, 3.05) is 4.90 Å². The minimum atomic E-state index is -1.27. The second-order valence-corrected chi connectivity index (χ2v) is 3.59. The van der Waals surface area contributed by atoms with Crippen molar-refractivity contribution >= 4 is 23.5 Å². The lowest BCUT2D eigenvalue weighted by atomic mass is 10.2. The molecule has 0 aliphatic carbocycles. The number of carbonyl (C=O) groups is 3. The lowest BCUT2D eigenvalue weighted by Gasteiger charge is -2.14. The van der Waals surface area contributed by atoms with Gasteiger partial charge in [-0.3, -0.25) is 9.59 Å². The highest BCUT2D eigenvalue weighted by molar-refractivity contribution is 6.19. The highest BCUT2D eigenvalue weighted by Crippen LogP contribution is 2.26. The van der Waals surface area contributed by atoms with E-state index in [1.54, 1.807) is 0 Å². The van der Waals surface area contributed by atoms with E-state index in [4.69, 9.17) is 5.11 Å². The molecule has 0 saturated carbocycles. The number of hydrogen-bond donors (Lipinski definition) is 1. The number of carboxylic acid groups (broad SMARTS) is 1. The van der Waals surface area contributed by atoms with Crippen LogP contribution in [0.15, 0.2) is 18.2 Å². The molecule has 2 rings (SSSR count). The minimum absolute atomic E-state index is 0.0545. The van der Waals surface area contributed by atoms with Gasteiger partial charge in [0.2, 0.25) is 11.8 Å². The van der Waals surface area contributed by atoms with E-state index in [2.05, 4.69) is 0 Å². The zero-order valence-electron chi connectivity index (χ0n) is 8.64. The van der Waals surface area contributed by atoms with E-state index >= 15 is 0 Å². The molecule has 1 N–H and O–H groups in total. The number of amides is 2. The summed E-state index contributed by atoms with van der Waals surface area (Å²) in [6.45, 7) is 0. The number of carboxylic acids is 1. The van der Waals surface area contributed by atoms with Crippen molar-refractivity contribution in [3.63, 3.8) is 0 Å². The molecule has 0 radical (unpaired) electrons. The average Bonchev–Trinajstić information content (AvgIpc) is 2.59. The molecule has 6 heteroatoms. The third kappa shape index (κ3) is 1.89. The first-order valence-corrected chi connectivity index (χ1v) is 4.89. The molecule has 17 heavy (non-hydrogen) atoms. The fraction of sp³-hybridized carbons (Fsp3) is 0.182. The first-order chi connectivity index (χ1) is 8.00. The van der Waals surface area contributed by atoms with Crippen molar-refractivity contribution in [1.29, 1.82) is 0 Å². The summed E-state index contributed by atoms with van der Waals surface area (Å²) in [6, 6.07) is 3.07. The maximum Gasteiger partial charge on any atom is 0.335 e. The van der Waals surface area contributed by atoms with Crippen molar-refractivity contribution in [3.05, 3.63) is 29.6 Å². The number of hydrogen-bond acceptors (Lipinski definition) is 3. The summed E-state index contributed by atoms with van der Waals surface area (Å²) < 4.78 is 13.6. The van der Waals surface area contributed by atoms with Crippen molar-refractivity contribution < 1.29 is 23.9 Å². The van der Waals surface area contributed by atoms with E-state index in [1.807, 2.05) is 0 Å². The number of imide groups is 1. The van der Waals surface area contributed by atoms with Gasteiger partial charge >= 0.3 is 5.97 Å². The Kier molecular flexibility index (Phi) is 2.63. The summed E-state index contributed by atoms with van der Waals surface area (Å²) in [5.41, 5.74) is -0.423. The predicted molar refractivity (Wildman–Crippen MR) is 55.1 cm³/mol. The third-order valence-corrected chi connectivity index (χ3v) is 2.49. The number of halogens is 1. The number of aromatic carboxylic acids is 1. The van der Waals surface area contributed by atoms with Crippen LogP contribution in [0.2, 0.25) is 0 Å². The fourth-order valence-electron chi connectivity index (χ4n) is 1.67. The molecule has 0 aromatic heterocycles. The van der Waals surface area contributed by atoms with Crippen LogP contribution in [-0.2, 0) is 9.59 Å². The molecule has 1 fully saturated rings. The molecule has 1 aromatic carbocycles. The largest absolute Gasteiger partial charge is 0.478 e. The molecule has 0 spiro atoms. The van der Waals surface area contributed by atoms with E-state index in [0.717, 1.165) is 23.1 Å². The second kappa shape index (κ2) is 3.97. The number of carbonyl (C=O) groups excluding carboxylic acids is 2. The lowest BCUT2D eigenvalue weighted by Crippen LogP contribution is -2.29. The molecule has 2 amide bonds. The van der Waals surface area contributed by atoms with Gasteiger partial charge in [0.15, 0.2) is 0 Å². The Morgan fingerprint density at radius 1 is 1.24 bits per heavy atom. The van der Waals surface area contributed by atoms with Crippen molar-refractivity contribution in [2.45, 2.75) is 12.8 Å². The SMILES string of the molecule is O=C(O)c1ccc(N2C(=O)CCC2=O)c(F)c1. The van der Waals surface area contributed by atoms with Crippen LogP contribution in [0.5, 0.6) is 0 Å². The molecule has 1 aromatic rings. The van der Waals surface area contributed by atoms with Crippen LogP contribution < -0.4 is 4.90 Å². The van der Waals surface area contributed by atoms with Gasteiger partial charge in [-0.25, -0.2) is 14.1 Å². The van der Waals surface area contributed by atoms with Crippen LogP contribution in [0, 0.1) is 5.82 Å². The van der Waals surface area contributed by atoms with Crippen molar-refractivity contribution in [2.24, 2.45) is 0 Å². The van der Waals surface area contributed by atoms with Crippen LogP contribution in [0.1, 0.15) is 23.2 Å². The highest BCUT2D eigenvalue weighted by Gasteiger charge is 2.32. The monoisotopic (exact) mass is 237 g/mol. The molecule has 0 unspecified atom stereocenters. The summed E-state index contributed by atoms with van der Waals surface area (Å²) in [5, 5.41) is 8.66. The quantitative estimate of drug-likeness (QED) is 0.783. The van der Waals surface area contributed by atoms with E-state index < -0.39 is 23.6 Å². The highest BCUT2D eigenvalue weighted by atomic mass is 19.1. The Balaban J connectivity index is 2.43. The van der Waals surface area contributed by atoms with Gasteiger partial charge < -0.3 is 5.11 Å². The fourth-order valence-corrected chi connectivity index (χ4v) is 1.67. The minimum Gasteiger partial charge on any atom is -0.478 e. The maximum atomic E-state index is 13.6. The molecular formula is C11H8FNO4. The van der Waals surface area contributed by atoms with Crippen molar-refractivity contribution in [1.82, 2.24) is 0 Å². The third-order valence-electron chi connectivity index (χ3n) is 2.49. The van der Waals surface area contributed by atoms with Gasteiger partial charge in [-0.2, -0.15) is 0 Å². The summed E-state index contributed by atoms with van der Waals surface area (Å²) in [5.74, 6) is -3.11. The Labute approximate surface area is 95.5 Å². The first-order valence-electron chi connectivity index (χ1n) is 4.89. The van der Waals surface area contributed by atoms with E-state index in [1.165, 1.54) is 0 Å². The normalized spacial score (nSPS) is 15.5. The molecule has 1 aliphatic heterocycles. The van der Waals surface area contributed by atoms with Crippen LogP contribution in [-0.4, -0.2) is 22.9 Å². The molecular weight excluding hydrogens is 229 g/mol. The molecule has 1 heterocycles. The Morgan fingerprint density at radius 2 is 1.82 bits per heavy atom. The Hall–Kier alpha value is -2.24. The zero-order valence-corrected chi connectivity index (χ0v) is 8.64. The van der Waals surface area contributed by atoms with Gasteiger partial charge in [0.1, 0.15) is 5.82 Å². The molecule has 88 valence electrons. The summed E-state index contributed by atoms with van der Waals surface area (Å²) in [4.78, 5) is 34.1. The van der Waals surface area contributed by atoms with E-state index in [9.17, 15) is 18.8 Å². The number of nitrogens with zero attached hydrogens (tertiary/aromatic N) is 1. The van der Waals surface area contributed by atoms with Gasteiger partial charge in [-0.1, -0.05) is 0 Å². The molecule has 1 saturated heterocycles. The number of benzene rings is 1. The van der Waals surface area contributed by atoms with Crippen LogP contribution >= 0.6 is 0 Å². The average molecular weight is 237 g/mol. The molecule has 0 bridgehead atoms.